The monoisotopic (exact) mass is 339 g/mol. The number of rotatable bonds is 5. The Morgan fingerprint density at radius 1 is 1.30 bits per heavy atom. The Morgan fingerprint density at radius 3 is 2.75 bits per heavy atom. The van der Waals surface area contributed by atoms with Crippen LogP contribution in [0.3, 0.4) is 0 Å². The van der Waals surface area contributed by atoms with E-state index in [0.29, 0.717) is 5.75 Å². The van der Waals surface area contributed by atoms with E-state index in [-0.39, 0.29) is 12.1 Å². The molecular weight excluding hydrogens is 325 g/mol. The number of hydrogen-bond donors (Lipinski definition) is 2. The van der Waals surface area contributed by atoms with E-state index < -0.39 is 11.9 Å². The Labute approximate surface area is 125 Å². The van der Waals surface area contributed by atoms with Crippen LogP contribution in [0.4, 0.5) is 10.1 Å². The van der Waals surface area contributed by atoms with E-state index in [1.165, 1.54) is 6.07 Å². The highest BCUT2D eigenvalue weighted by molar-refractivity contribution is 9.10. The van der Waals surface area contributed by atoms with E-state index in [1.54, 1.807) is 31.4 Å². The molecule has 3 nitrogen and oxygen atoms in total. The number of ether oxygens (including phenoxy) is 1. The van der Waals surface area contributed by atoms with Crippen LogP contribution < -0.4 is 10.1 Å². The molecule has 1 unspecified atom stereocenters. The maximum atomic E-state index is 13.5. The van der Waals surface area contributed by atoms with E-state index in [2.05, 4.69) is 21.2 Å². The first-order valence-corrected chi connectivity index (χ1v) is 6.91. The molecule has 0 heterocycles. The molecule has 1 atom stereocenters. The van der Waals surface area contributed by atoms with Crippen molar-refractivity contribution in [1.29, 1.82) is 0 Å². The molecule has 2 rings (SSSR count). The number of benzene rings is 2. The molecule has 2 N–H and O–H groups in total. The predicted octanol–water partition coefficient (Wildman–Crippen LogP) is 3.74. The molecule has 0 aliphatic carbocycles. The zero-order valence-electron chi connectivity index (χ0n) is 10.9. The first-order valence-electron chi connectivity index (χ1n) is 6.11. The summed E-state index contributed by atoms with van der Waals surface area (Å²) in [6.07, 6.45) is -0.922. The average molecular weight is 340 g/mol. The molecule has 0 saturated heterocycles. The van der Waals surface area contributed by atoms with Crippen LogP contribution in [-0.4, -0.2) is 18.8 Å². The second kappa shape index (κ2) is 6.72. The van der Waals surface area contributed by atoms with Gasteiger partial charge in [-0.15, -0.1) is 0 Å². The van der Waals surface area contributed by atoms with E-state index in [9.17, 15) is 9.50 Å². The SMILES string of the molecule is COc1ccc(Br)c(NCC(O)c2ccccc2F)c1. The summed E-state index contributed by atoms with van der Waals surface area (Å²) in [5, 5.41) is 13.1. The van der Waals surface area contributed by atoms with Gasteiger partial charge in [-0.3, -0.25) is 0 Å². The van der Waals surface area contributed by atoms with Crippen molar-refractivity contribution in [3.63, 3.8) is 0 Å². The lowest BCUT2D eigenvalue weighted by atomic mass is 10.1. The zero-order chi connectivity index (χ0) is 14.5. The molecule has 0 radical (unpaired) electrons. The summed E-state index contributed by atoms with van der Waals surface area (Å²) in [5.41, 5.74) is 1.05. The van der Waals surface area contributed by atoms with Gasteiger partial charge < -0.3 is 15.2 Å². The van der Waals surface area contributed by atoms with Gasteiger partial charge in [0.05, 0.1) is 18.9 Å². The molecule has 0 fully saturated rings. The summed E-state index contributed by atoms with van der Waals surface area (Å²) in [6.45, 7) is 0.201. The fraction of sp³-hybridized carbons (Fsp3) is 0.200. The highest BCUT2D eigenvalue weighted by Crippen LogP contribution is 2.28. The lowest BCUT2D eigenvalue weighted by molar-refractivity contribution is 0.186. The number of hydrogen-bond acceptors (Lipinski definition) is 3. The van der Waals surface area contributed by atoms with Crippen LogP contribution in [0.1, 0.15) is 11.7 Å². The van der Waals surface area contributed by atoms with Crippen LogP contribution >= 0.6 is 15.9 Å². The number of anilines is 1. The number of aliphatic hydroxyl groups excluding tert-OH is 1. The van der Waals surface area contributed by atoms with Crippen LogP contribution in [-0.2, 0) is 0 Å². The number of nitrogens with one attached hydrogen (secondary N) is 1. The zero-order valence-corrected chi connectivity index (χ0v) is 12.5. The average Bonchev–Trinajstić information content (AvgIpc) is 2.46. The summed E-state index contributed by atoms with van der Waals surface area (Å²) < 4.78 is 19.5. The van der Waals surface area contributed by atoms with Crippen molar-refractivity contribution in [2.75, 3.05) is 19.0 Å². The largest absolute Gasteiger partial charge is 0.497 e. The highest BCUT2D eigenvalue weighted by Gasteiger charge is 2.12. The maximum absolute atomic E-state index is 13.5. The van der Waals surface area contributed by atoms with Gasteiger partial charge in [0.15, 0.2) is 0 Å². The Hall–Kier alpha value is -1.59. The molecule has 0 aliphatic heterocycles. The summed E-state index contributed by atoms with van der Waals surface area (Å²) >= 11 is 3.41. The van der Waals surface area contributed by atoms with Crippen molar-refractivity contribution < 1.29 is 14.2 Å². The highest BCUT2D eigenvalue weighted by atomic mass is 79.9. The smallest absolute Gasteiger partial charge is 0.129 e. The van der Waals surface area contributed by atoms with Crippen molar-refractivity contribution in [3.8, 4) is 5.75 Å². The lowest BCUT2D eigenvalue weighted by Gasteiger charge is -2.15. The van der Waals surface area contributed by atoms with E-state index in [0.717, 1.165) is 10.2 Å². The van der Waals surface area contributed by atoms with Gasteiger partial charge in [-0.2, -0.15) is 0 Å². The van der Waals surface area contributed by atoms with Crippen LogP contribution in [0, 0.1) is 5.82 Å². The summed E-state index contributed by atoms with van der Waals surface area (Å²) in [7, 11) is 1.58. The fourth-order valence-electron chi connectivity index (χ4n) is 1.83. The minimum atomic E-state index is -0.922. The van der Waals surface area contributed by atoms with Gasteiger partial charge in [0.1, 0.15) is 11.6 Å². The number of methoxy groups -OCH3 is 1. The molecular formula is C15H15BrFNO2. The third-order valence-electron chi connectivity index (χ3n) is 2.92. The Kier molecular flexibility index (Phi) is 4.98. The second-order valence-corrected chi connectivity index (χ2v) is 5.12. The second-order valence-electron chi connectivity index (χ2n) is 4.26. The molecule has 0 saturated carbocycles. The Morgan fingerprint density at radius 2 is 2.05 bits per heavy atom. The van der Waals surface area contributed by atoms with Crippen molar-refractivity contribution in [2.24, 2.45) is 0 Å². The third kappa shape index (κ3) is 3.49. The van der Waals surface area contributed by atoms with Crippen molar-refractivity contribution in [3.05, 3.63) is 58.3 Å². The number of aliphatic hydroxyl groups is 1. The van der Waals surface area contributed by atoms with Crippen LogP contribution in [0.5, 0.6) is 5.75 Å². The van der Waals surface area contributed by atoms with E-state index in [4.69, 9.17) is 4.74 Å². The molecule has 0 aliphatic rings. The Balaban J connectivity index is 2.07. The molecule has 0 amide bonds. The van der Waals surface area contributed by atoms with Crippen molar-refractivity contribution >= 4 is 21.6 Å². The van der Waals surface area contributed by atoms with E-state index in [1.807, 2.05) is 12.1 Å². The fourth-order valence-corrected chi connectivity index (χ4v) is 2.22. The van der Waals surface area contributed by atoms with Gasteiger partial charge in [-0.1, -0.05) is 18.2 Å². The normalized spacial score (nSPS) is 12.0. The minimum absolute atomic E-state index is 0.201. The molecule has 0 aromatic heterocycles. The van der Waals surface area contributed by atoms with Crippen LogP contribution in [0.25, 0.3) is 0 Å². The third-order valence-corrected chi connectivity index (χ3v) is 3.62. The summed E-state index contributed by atoms with van der Waals surface area (Å²) in [4.78, 5) is 0. The van der Waals surface area contributed by atoms with Gasteiger partial charge >= 0.3 is 0 Å². The van der Waals surface area contributed by atoms with Gasteiger partial charge in [0.2, 0.25) is 0 Å². The first kappa shape index (κ1) is 14.8. The molecule has 2 aromatic carbocycles. The molecule has 0 spiro atoms. The number of halogens is 2. The predicted molar refractivity (Wildman–Crippen MR) is 80.5 cm³/mol. The van der Waals surface area contributed by atoms with Crippen molar-refractivity contribution in [2.45, 2.75) is 6.10 Å². The molecule has 2 aromatic rings. The Bertz CT molecular complexity index is 592. The van der Waals surface area contributed by atoms with Gasteiger partial charge in [0, 0.05) is 22.6 Å². The van der Waals surface area contributed by atoms with Gasteiger partial charge in [-0.05, 0) is 34.1 Å². The molecule has 106 valence electrons. The topological polar surface area (TPSA) is 41.5 Å². The molecule has 20 heavy (non-hydrogen) atoms. The lowest BCUT2D eigenvalue weighted by Crippen LogP contribution is -2.13. The van der Waals surface area contributed by atoms with E-state index >= 15 is 0 Å². The van der Waals surface area contributed by atoms with Gasteiger partial charge in [-0.25, -0.2) is 4.39 Å². The first-order chi connectivity index (χ1) is 9.61. The van der Waals surface area contributed by atoms with Gasteiger partial charge in [0.25, 0.3) is 0 Å². The molecule has 0 bridgehead atoms. The van der Waals surface area contributed by atoms with Crippen molar-refractivity contribution in [1.82, 2.24) is 0 Å². The summed E-state index contributed by atoms with van der Waals surface area (Å²) in [5.74, 6) is 0.294. The summed E-state index contributed by atoms with van der Waals surface area (Å²) in [6, 6.07) is 11.7. The molecule has 5 heteroatoms. The minimum Gasteiger partial charge on any atom is -0.497 e. The standard InChI is InChI=1S/C15H15BrFNO2/c1-20-10-6-7-12(16)14(8-10)18-9-15(19)11-4-2-3-5-13(11)17/h2-8,15,18-19H,9H2,1H3. The quantitative estimate of drug-likeness (QED) is 0.871. The maximum Gasteiger partial charge on any atom is 0.129 e. The van der Waals surface area contributed by atoms with Crippen LogP contribution in [0.2, 0.25) is 0 Å². The van der Waals surface area contributed by atoms with Crippen LogP contribution in [0.15, 0.2) is 46.9 Å².